The molecule has 2 rings (SSSR count). The molecule has 90 valence electrons. The van der Waals surface area contributed by atoms with E-state index in [1.165, 1.54) is 8.66 Å². The van der Waals surface area contributed by atoms with Crippen LogP contribution in [-0.4, -0.2) is 11.0 Å². The molecule has 0 spiro atoms. The summed E-state index contributed by atoms with van der Waals surface area (Å²) in [6.07, 6.45) is 4.71. The maximum absolute atomic E-state index is 6.13. The van der Waals surface area contributed by atoms with Gasteiger partial charge in [-0.05, 0) is 59.5 Å². The van der Waals surface area contributed by atoms with Crippen LogP contribution in [0.1, 0.15) is 17.0 Å². The molecule has 0 saturated heterocycles. The van der Waals surface area contributed by atoms with E-state index in [9.17, 15) is 0 Å². The van der Waals surface area contributed by atoms with Gasteiger partial charge >= 0.3 is 0 Å². The van der Waals surface area contributed by atoms with Crippen LogP contribution >= 0.6 is 27.3 Å². The van der Waals surface area contributed by atoms with Crippen molar-refractivity contribution in [3.8, 4) is 0 Å². The average molecular weight is 311 g/mol. The molecule has 17 heavy (non-hydrogen) atoms. The van der Waals surface area contributed by atoms with Crippen molar-refractivity contribution in [1.82, 2.24) is 4.98 Å². The molecule has 2 nitrogen and oxygen atoms in total. The van der Waals surface area contributed by atoms with E-state index in [0.717, 1.165) is 25.0 Å². The fourth-order valence-electron chi connectivity index (χ4n) is 1.70. The smallest absolute Gasteiger partial charge is 0.0701 e. The number of nitrogens with zero attached hydrogens (tertiary/aromatic N) is 1. The number of aromatic nitrogens is 1. The number of hydrogen-bond acceptors (Lipinski definition) is 3. The summed E-state index contributed by atoms with van der Waals surface area (Å²) in [5.41, 5.74) is 7.25. The Kier molecular flexibility index (Phi) is 4.71. The molecule has 1 atom stereocenters. The third kappa shape index (κ3) is 4.22. The maximum Gasteiger partial charge on any atom is 0.0701 e. The molecule has 2 heterocycles. The minimum absolute atomic E-state index is 0.211. The Labute approximate surface area is 114 Å². The van der Waals surface area contributed by atoms with Crippen molar-refractivity contribution in [3.63, 3.8) is 0 Å². The highest BCUT2D eigenvalue weighted by Crippen LogP contribution is 2.23. The molecular weight excluding hydrogens is 296 g/mol. The Morgan fingerprint density at radius 2 is 2.18 bits per heavy atom. The Bertz CT molecular complexity index is 455. The molecule has 0 fully saturated rings. The summed E-state index contributed by atoms with van der Waals surface area (Å²) < 4.78 is 1.17. The first-order chi connectivity index (χ1) is 8.24. The minimum atomic E-state index is 0.211. The number of rotatable bonds is 5. The molecule has 0 radical (unpaired) electrons. The zero-order chi connectivity index (χ0) is 12.1. The predicted octanol–water partition coefficient (Wildman–Crippen LogP) is 3.41. The van der Waals surface area contributed by atoms with Gasteiger partial charge in [-0.2, -0.15) is 0 Å². The second kappa shape index (κ2) is 6.28. The Hall–Kier alpha value is -0.710. The van der Waals surface area contributed by atoms with Crippen molar-refractivity contribution in [2.75, 3.05) is 0 Å². The average Bonchev–Trinajstić information content (AvgIpc) is 2.73. The van der Waals surface area contributed by atoms with E-state index in [1.807, 2.05) is 18.3 Å². The standard InChI is InChI=1S/C13H15BrN2S/c14-13-7-6-12(17-13)9-10(15)4-5-11-3-1-2-8-16-11/h1-3,6-8,10H,4-5,9,15H2. The highest BCUT2D eigenvalue weighted by molar-refractivity contribution is 9.11. The zero-order valence-electron chi connectivity index (χ0n) is 9.47. The third-order valence-corrected chi connectivity index (χ3v) is 4.24. The van der Waals surface area contributed by atoms with Gasteiger partial charge in [-0.15, -0.1) is 11.3 Å². The van der Waals surface area contributed by atoms with E-state index in [1.54, 1.807) is 11.3 Å². The summed E-state index contributed by atoms with van der Waals surface area (Å²) in [4.78, 5) is 5.64. The monoisotopic (exact) mass is 310 g/mol. The van der Waals surface area contributed by atoms with Crippen LogP contribution < -0.4 is 5.73 Å². The summed E-state index contributed by atoms with van der Waals surface area (Å²) in [6.45, 7) is 0. The van der Waals surface area contributed by atoms with Gasteiger partial charge in [-0.3, -0.25) is 4.98 Å². The second-order valence-corrected chi connectivity index (χ2v) is 6.58. The van der Waals surface area contributed by atoms with Gasteiger partial charge in [0, 0.05) is 22.8 Å². The topological polar surface area (TPSA) is 38.9 Å². The number of pyridine rings is 1. The lowest BCUT2D eigenvalue weighted by molar-refractivity contribution is 0.609. The molecule has 2 N–H and O–H groups in total. The number of aryl methyl sites for hydroxylation is 1. The van der Waals surface area contributed by atoms with Crippen molar-refractivity contribution >= 4 is 27.3 Å². The summed E-state index contributed by atoms with van der Waals surface area (Å²) in [5.74, 6) is 0. The molecular formula is C13H15BrN2S. The van der Waals surface area contributed by atoms with E-state index in [4.69, 9.17) is 5.73 Å². The number of thiophene rings is 1. The molecule has 0 aliphatic carbocycles. The Morgan fingerprint density at radius 1 is 1.29 bits per heavy atom. The fraction of sp³-hybridized carbons (Fsp3) is 0.308. The molecule has 0 aliphatic rings. The first kappa shape index (κ1) is 12.7. The Morgan fingerprint density at radius 3 is 2.82 bits per heavy atom. The number of hydrogen-bond donors (Lipinski definition) is 1. The zero-order valence-corrected chi connectivity index (χ0v) is 11.9. The van der Waals surface area contributed by atoms with Crippen LogP contribution in [0.15, 0.2) is 40.3 Å². The van der Waals surface area contributed by atoms with Crippen molar-refractivity contribution < 1.29 is 0 Å². The van der Waals surface area contributed by atoms with Crippen LogP contribution in [0, 0.1) is 0 Å². The van der Waals surface area contributed by atoms with Gasteiger partial charge in [-0.25, -0.2) is 0 Å². The van der Waals surface area contributed by atoms with Crippen LogP contribution in [0.5, 0.6) is 0 Å². The van der Waals surface area contributed by atoms with Crippen LogP contribution in [0.3, 0.4) is 0 Å². The van der Waals surface area contributed by atoms with Crippen LogP contribution in [-0.2, 0) is 12.8 Å². The first-order valence-corrected chi connectivity index (χ1v) is 7.24. The molecule has 4 heteroatoms. The minimum Gasteiger partial charge on any atom is -0.327 e. The Balaban J connectivity index is 1.80. The highest BCUT2D eigenvalue weighted by Gasteiger charge is 2.06. The number of halogens is 1. The third-order valence-electron chi connectivity index (χ3n) is 2.59. The summed E-state index contributed by atoms with van der Waals surface area (Å²) in [5, 5.41) is 0. The van der Waals surface area contributed by atoms with Crippen molar-refractivity contribution in [3.05, 3.63) is 50.9 Å². The second-order valence-electron chi connectivity index (χ2n) is 4.03. The van der Waals surface area contributed by atoms with E-state index >= 15 is 0 Å². The van der Waals surface area contributed by atoms with E-state index < -0.39 is 0 Å². The van der Waals surface area contributed by atoms with Crippen molar-refractivity contribution in [2.24, 2.45) is 5.73 Å². The molecule has 0 bridgehead atoms. The van der Waals surface area contributed by atoms with E-state index in [0.29, 0.717) is 0 Å². The molecule has 1 unspecified atom stereocenters. The van der Waals surface area contributed by atoms with Crippen molar-refractivity contribution in [1.29, 1.82) is 0 Å². The lowest BCUT2D eigenvalue weighted by Crippen LogP contribution is -2.23. The summed E-state index contributed by atoms with van der Waals surface area (Å²) in [7, 11) is 0. The van der Waals surface area contributed by atoms with Crippen molar-refractivity contribution in [2.45, 2.75) is 25.3 Å². The summed E-state index contributed by atoms with van der Waals surface area (Å²) in [6, 6.07) is 10.4. The molecule has 2 aromatic heterocycles. The summed E-state index contributed by atoms with van der Waals surface area (Å²) >= 11 is 5.22. The normalized spacial score (nSPS) is 12.6. The van der Waals surface area contributed by atoms with Crippen LogP contribution in [0.25, 0.3) is 0 Å². The van der Waals surface area contributed by atoms with Gasteiger partial charge in [-0.1, -0.05) is 6.07 Å². The van der Waals surface area contributed by atoms with Gasteiger partial charge in [0.25, 0.3) is 0 Å². The predicted molar refractivity (Wildman–Crippen MR) is 76.3 cm³/mol. The van der Waals surface area contributed by atoms with Gasteiger partial charge in [0.2, 0.25) is 0 Å². The number of nitrogens with two attached hydrogens (primary N) is 1. The highest BCUT2D eigenvalue weighted by atomic mass is 79.9. The van der Waals surface area contributed by atoms with Crippen LogP contribution in [0.4, 0.5) is 0 Å². The quantitative estimate of drug-likeness (QED) is 0.919. The van der Waals surface area contributed by atoms with Gasteiger partial charge < -0.3 is 5.73 Å². The van der Waals surface area contributed by atoms with Gasteiger partial charge in [0.1, 0.15) is 0 Å². The van der Waals surface area contributed by atoms with E-state index in [2.05, 4.69) is 39.1 Å². The fourth-order valence-corrected chi connectivity index (χ4v) is 3.28. The lowest BCUT2D eigenvalue weighted by Gasteiger charge is -2.09. The maximum atomic E-state index is 6.13. The molecule has 0 aliphatic heterocycles. The SMILES string of the molecule is NC(CCc1ccccn1)Cc1ccc(Br)s1. The van der Waals surface area contributed by atoms with Gasteiger partial charge in [0.15, 0.2) is 0 Å². The largest absolute Gasteiger partial charge is 0.327 e. The first-order valence-electron chi connectivity index (χ1n) is 5.64. The molecule has 0 saturated carbocycles. The molecule has 0 amide bonds. The lowest BCUT2D eigenvalue weighted by atomic mass is 10.1. The van der Waals surface area contributed by atoms with E-state index in [-0.39, 0.29) is 6.04 Å². The van der Waals surface area contributed by atoms with Crippen LogP contribution in [0.2, 0.25) is 0 Å². The molecule has 0 aromatic carbocycles. The van der Waals surface area contributed by atoms with Gasteiger partial charge in [0.05, 0.1) is 3.79 Å². The molecule has 2 aromatic rings.